The van der Waals surface area contributed by atoms with E-state index >= 15 is 0 Å². The van der Waals surface area contributed by atoms with E-state index in [9.17, 15) is 0 Å². The molecule has 0 unspecified atom stereocenters. The number of unbranched alkanes of at least 4 members (excludes halogenated alkanes) is 3. The van der Waals surface area contributed by atoms with Crippen LogP contribution in [0.15, 0.2) is 78.2 Å². The average Bonchev–Trinajstić information content (AvgIpc) is 3.41. The summed E-state index contributed by atoms with van der Waals surface area (Å²) in [5.74, 6) is 0. The fourth-order valence-corrected chi connectivity index (χ4v) is 90.5. The van der Waals surface area contributed by atoms with Gasteiger partial charge in [-0.15, -0.1) is 0 Å². The maximum atomic E-state index is 6.08. The Morgan fingerprint density at radius 1 is 0.821 bits per heavy atom. The summed E-state index contributed by atoms with van der Waals surface area (Å²) >= 11 is 0. The number of allylic oxidation sites excluding steroid dienone is 5. The Labute approximate surface area is 261 Å². The molecule has 1 aromatic carbocycles. The predicted molar refractivity (Wildman–Crippen MR) is 188 cm³/mol. The summed E-state index contributed by atoms with van der Waals surface area (Å²) < 4.78 is 6.08. The summed E-state index contributed by atoms with van der Waals surface area (Å²) in [6.07, 6.45) is 18.1. The molecule has 0 radical (unpaired) electrons. The number of rotatable bonds is 15. The molecule has 218 valence electrons. The van der Waals surface area contributed by atoms with Crippen LogP contribution in [0.1, 0.15) is 71.3 Å². The molecule has 0 atom stereocenters. The van der Waals surface area contributed by atoms with E-state index in [0.29, 0.717) is 0 Å². The van der Waals surface area contributed by atoms with E-state index in [1.54, 1.807) is 6.08 Å². The molecule has 0 N–H and O–H groups in total. The molecule has 0 saturated heterocycles. The van der Waals surface area contributed by atoms with Gasteiger partial charge in [-0.25, -0.2) is 0 Å². The van der Waals surface area contributed by atoms with Gasteiger partial charge in [0, 0.05) is 33.8 Å². The molecule has 0 fully saturated rings. The van der Waals surface area contributed by atoms with Gasteiger partial charge in [-0.05, 0) is 17.2 Å². The first-order valence-electron chi connectivity index (χ1n) is 15.2. The van der Waals surface area contributed by atoms with E-state index in [4.69, 9.17) is 4.74 Å². The molecule has 2 rings (SSSR count). The minimum atomic E-state index is -1.44. The quantitative estimate of drug-likeness (QED) is 0.104. The molecule has 0 spiro atoms. The largest absolute Gasteiger partial charge is 0.283 e. The van der Waals surface area contributed by atoms with Crippen LogP contribution in [0.4, 0.5) is 0 Å². The molecule has 1 aromatic rings. The summed E-state index contributed by atoms with van der Waals surface area (Å²) in [5.41, 5.74) is 2.24. The Balaban J connectivity index is 0.00000110. The molecule has 1 nitrogen and oxygen atoms in total. The molecule has 6 heteroatoms. The van der Waals surface area contributed by atoms with Gasteiger partial charge in [-0.2, -0.15) is 0 Å². The van der Waals surface area contributed by atoms with Gasteiger partial charge in [0.2, 0.25) is 0 Å². The van der Waals surface area contributed by atoms with E-state index in [-0.39, 0.29) is 21.7 Å². The maximum Gasteiger partial charge on any atom is 0.0873 e. The van der Waals surface area contributed by atoms with Crippen molar-refractivity contribution < 1.29 is 21.7 Å². The van der Waals surface area contributed by atoms with Crippen LogP contribution in [0.5, 0.6) is 0 Å². The SMILES string of the molecule is C=CC(=C)c1ccccc1.CCCC[Si](C)(C)P(=NC1=CC=CC1)([Si](C)(C)CCCC)[Si](C)(C)CCCC.[Ti]. The second kappa shape index (κ2) is 18.3. The van der Waals surface area contributed by atoms with Crippen LogP contribution in [0, 0.1) is 0 Å². The fraction of sp³-hybridized carbons (Fsp3) is 0.576. The first-order chi connectivity index (χ1) is 17.9. The third-order valence-electron chi connectivity index (χ3n) is 8.48. The van der Waals surface area contributed by atoms with Crippen LogP contribution in [0.3, 0.4) is 0 Å². The van der Waals surface area contributed by atoms with Crippen LogP contribution < -0.4 is 0 Å². The second-order valence-electron chi connectivity index (χ2n) is 12.9. The van der Waals surface area contributed by atoms with Gasteiger partial charge in [0.05, 0.1) is 23.2 Å². The Hall–Kier alpha value is -0.225. The standard InChI is InChI=1S/C23H50NPSi3.C10H10.Ti/c1-10-13-20-26(4,5)25(24-23-18-16-17-19-23,27(6,7)21-14-11-2)28(8,9)22-15-12-3;1-3-9(2)10-7-5-4-6-8-10;/h16-18H,10-15,19-22H2,1-9H3;3-8H,1-2H2;. The number of nitrogens with zero attached hydrogens (tertiary/aromatic N) is 1. The normalized spacial score (nSPS) is 13.6. The van der Waals surface area contributed by atoms with E-state index in [1.165, 1.54) is 62.4 Å². The molecular weight excluding hydrogens is 573 g/mol. The molecule has 1 aliphatic carbocycles. The summed E-state index contributed by atoms with van der Waals surface area (Å²) in [4.78, 5) is 0. The Morgan fingerprint density at radius 2 is 1.26 bits per heavy atom. The van der Waals surface area contributed by atoms with E-state index < -0.39 is 28.9 Å². The maximum absolute atomic E-state index is 6.08. The Bertz CT molecular complexity index is 936. The van der Waals surface area contributed by atoms with E-state index in [1.807, 2.05) is 30.3 Å². The van der Waals surface area contributed by atoms with E-state index in [2.05, 4.69) is 91.4 Å². The van der Waals surface area contributed by atoms with Crippen molar-refractivity contribution >= 4 is 34.5 Å². The van der Waals surface area contributed by atoms with Crippen LogP contribution >= 0.6 is 5.70 Å². The third-order valence-corrected chi connectivity index (χ3v) is 70.4. The first-order valence-corrected chi connectivity index (χ1v) is 29.1. The van der Waals surface area contributed by atoms with Crippen molar-refractivity contribution in [2.75, 3.05) is 0 Å². The molecule has 1 aliphatic rings. The van der Waals surface area contributed by atoms with Gasteiger partial charge in [-0.3, -0.25) is 4.74 Å². The molecule has 0 heterocycles. The molecule has 0 saturated carbocycles. The van der Waals surface area contributed by atoms with Crippen LogP contribution in [0.2, 0.25) is 57.4 Å². The summed E-state index contributed by atoms with van der Waals surface area (Å²) in [7, 11) is -4.33. The smallest absolute Gasteiger partial charge is 0.0873 e. The number of hydrogen-bond donors (Lipinski definition) is 0. The minimum absolute atomic E-state index is 0. The van der Waals surface area contributed by atoms with Crippen LogP contribution in [-0.2, 0) is 21.7 Å². The van der Waals surface area contributed by atoms with Gasteiger partial charge in [-0.1, -0.05) is 184 Å². The second-order valence-corrected chi connectivity index (χ2v) is 47.5. The minimum Gasteiger partial charge on any atom is -0.283 e. The van der Waals surface area contributed by atoms with Gasteiger partial charge < -0.3 is 0 Å². The monoisotopic (exact) mass is 633 g/mol. The van der Waals surface area contributed by atoms with Gasteiger partial charge in [0.15, 0.2) is 0 Å². The summed E-state index contributed by atoms with van der Waals surface area (Å²) in [5, 5.41) is 0. The molecule has 0 aliphatic heterocycles. The van der Waals surface area contributed by atoms with E-state index in [0.717, 1.165) is 17.6 Å². The molecule has 0 bridgehead atoms. The van der Waals surface area contributed by atoms with Crippen LogP contribution in [-0.4, -0.2) is 23.2 Å². The average molecular weight is 634 g/mol. The zero-order chi connectivity index (χ0) is 28.9. The first kappa shape index (κ1) is 38.8. The zero-order valence-corrected chi connectivity index (χ0v) is 32.5. The van der Waals surface area contributed by atoms with Crippen molar-refractivity contribution in [2.45, 2.75) is 123 Å². The Morgan fingerprint density at radius 3 is 1.59 bits per heavy atom. The molecule has 0 aromatic heterocycles. The Kier molecular flexibility index (Phi) is 18.2. The van der Waals surface area contributed by atoms with Gasteiger partial charge >= 0.3 is 0 Å². The zero-order valence-electron chi connectivity index (χ0n) is 27.1. The molecular formula is C33H60NPSi3Ti. The van der Waals surface area contributed by atoms with Gasteiger partial charge in [0.1, 0.15) is 0 Å². The van der Waals surface area contributed by atoms with Crippen molar-refractivity contribution in [1.29, 1.82) is 0 Å². The number of benzene rings is 1. The fourth-order valence-electron chi connectivity index (χ4n) is 6.65. The van der Waals surface area contributed by atoms with Crippen molar-refractivity contribution in [3.05, 3.63) is 79.1 Å². The summed E-state index contributed by atoms with van der Waals surface area (Å²) in [6, 6.07) is 14.5. The third kappa shape index (κ3) is 10.5. The van der Waals surface area contributed by atoms with Crippen molar-refractivity contribution in [2.24, 2.45) is 4.74 Å². The van der Waals surface area contributed by atoms with Gasteiger partial charge in [0.25, 0.3) is 0 Å². The summed E-state index contributed by atoms with van der Waals surface area (Å²) in [6.45, 7) is 31.3. The van der Waals surface area contributed by atoms with Crippen molar-refractivity contribution in [3.63, 3.8) is 0 Å². The van der Waals surface area contributed by atoms with Crippen molar-refractivity contribution in [3.8, 4) is 0 Å². The predicted octanol–water partition coefficient (Wildman–Crippen LogP) is 12.9. The van der Waals surface area contributed by atoms with Crippen LogP contribution in [0.25, 0.3) is 5.57 Å². The molecule has 39 heavy (non-hydrogen) atoms. The molecule has 0 amide bonds. The number of hydrogen-bond acceptors (Lipinski definition) is 1. The topological polar surface area (TPSA) is 12.4 Å². The van der Waals surface area contributed by atoms with Crippen molar-refractivity contribution in [1.82, 2.24) is 0 Å².